The monoisotopic (exact) mass is 273 g/mol. The van der Waals surface area contributed by atoms with Crippen LogP contribution in [-0.2, 0) is 0 Å². The predicted molar refractivity (Wildman–Crippen MR) is 54.4 cm³/mol. The molecule has 0 fully saturated rings. The highest BCUT2D eigenvalue weighted by atomic mass is 127. The van der Waals surface area contributed by atoms with Crippen LogP contribution in [0.2, 0.25) is 0 Å². The van der Waals surface area contributed by atoms with Crippen LogP contribution in [0.1, 0.15) is 0 Å². The van der Waals surface area contributed by atoms with E-state index < -0.39 is 0 Å². The molecule has 0 aliphatic carbocycles. The van der Waals surface area contributed by atoms with Gasteiger partial charge in [-0.3, -0.25) is 4.98 Å². The fraction of sp³-hybridized carbons (Fsp3) is 0. The minimum atomic E-state index is -0.252. The molecule has 0 saturated heterocycles. The summed E-state index contributed by atoms with van der Waals surface area (Å²) < 4.78 is 14.1. The normalized spacial score (nSPS) is 10.5. The highest BCUT2D eigenvalue weighted by molar-refractivity contribution is 14.1. The van der Waals surface area contributed by atoms with E-state index in [-0.39, 0.29) is 5.82 Å². The predicted octanol–water partition coefficient (Wildman–Crippen LogP) is 2.98. The van der Waals surface area contributed by atoms with E-state index in [0.29, 0.717) is 5.52 Å². The fourth-order valence-electron chi connectivity index (χ4n) is 1.11. The van der Waals surface area contributed by atoms with Gasteiger partial charge < -0.3 is 0 Å². The smallest absolute Gasteiger partial charge is 0.150 e. The van der Waals surface area contributed by atoms with Gasteiger partial charge in [-0.1, -0.05) is 6.07 Å². The van der Waals surface area contributed by atoms with Gasteiger partial charge in [0.15, 0.2) is 0 Å². The second-order valence-electron chi connectivity index (χ2n) is 2.46. The van der Waals surface area contributed by atoms with E-state index >= 15 is 0 Å². The van der Waals surface area contributed by atoms with Crippen LogP contribution < -0.4 is 0 Å². The minimum absolute atomic E-state index is 0.252. The van der Waals surface area contributed by atoms with Gasteiger partial charge >= 0.3 is 0 Å². The second kappa shape index (κ2) is 2.97. The van der Waals surface area contributed by atoms with Crippen LogP contribution in [0.15, 0.2) is 30.5 Å². The van der Waals surface area contributed by atoms with Gasteiger partial charge in [-0.25, -0.2) is 4.39 Å². The molecule has 3 heteroatoms. The van der Waals surface area contributed by atoms with Gasteiger partial charge in [0.2, 0.25) is 0 Å². The Hall–Kier alpha value is -0.710. The van der Waals surface area contributed by atoms with Crippen LogP contribution in [0.5, 0.6) is 0 Å². The Bertz CT molecular complexity index is 428. The Balaban J connectivity index is 2.89. The second-order valence-corrected chi connectivity index (χ2v) is 3.71. The maximum absolute atomic E-state index is 13.2. The molecule has 0 N–H and O–H groups in total. The zero-order valence-corrected chi connectivity index (χ0v) is 8.25. The van der Waals surface area contributed by atoms with Gasteiger partial charge in [-0.05, 0) is 40.8 Å². The van der Waals surface area contributed by atoms with E-state index in [1.54, 1.807) is 12.3 Å². The summed E-state index contributed by atoms with van der Waals surface area (Å²) in [7, 11) is 0. The van der Waals surface area contributed by atoms with Crippen molar-refractivity contribution < 1.29 is 4.39 Å². The molecule has 0 atom stereocenters. The Kier molecular flexibility index (Phi) is 1.96. The molecule has 0 spiro atoms. The van der Waals surface area contributed by atoms with Crippen molar-refractivity contribution in [2.24, 2.45) is 0 Å². The summed E-state index contributed by atoms with van der Waals surface area (Å²) in [4.78, 5) is 3.94. The number of nitrogens with zero attached hydrogens (tertiary/aromatic N) is 1. The fourth-order valence-corrected chi connectivity index (χ4v) is 1.72. The first-order valence-electron chi connectivity index (χ1n) is 3.47. The van der Waals surface area contributed by atoms with Crippen LogP contribution in [0.3, 0.4) is 0 Å². The number of rotatable bonds is 0. The SMILES string of the molecule is Fc1cc(I)cc2cccnc12. The third kappa shape index (κ3) is 1.29. The van der Waals surface area contributed by atoms with E-state index in [9.17, 15) is 4.39 Å². The number of pyridine rings is 1. The zero-order chi connectivity index (χ0) is 8.55. The van der Waals surface area contributed by atoms with Gasteiger partial charge in [0.1, 0.15) is 11.3 Å². The summed E-state index contributed by atoms with van der Waals surface area (Å²) in [5.74, 6) is -0.252. The number of benzene rings is 1. The number of halogens is 2. The van der Waals surface area contributed by atoms with Gasteiger partial charge in [0.05, 0.1) is 0 Å². The molecule has 0 aliphatic heterocycles. The highest BCUT2D eigenvalue weighted by Gasteiger charge is 2.01. The first-order chi connectivity index (χ1) is 5.77. The molecule has 0 aliphatic rings. The van der Waals surface area contributed by atoms with Gasteiger partial charge in [-0.15, -0.1) is 0 Å². The molecule has 1 aromatic carbocycles. The minimum Gasteiger partial charge on any atom is -0.253 e. The standard InChI is InChI=1S/C9H5FIN/c10-8-5-7(11)4-6-2-1-3-12-9(6)8/h1-5H. The molecule has 2 rings (SSSR count). The quantitative estimate of drug-likeness (QED) is 0.672. The summed E-state index contributed by atoms with van der Waals surface area (Å²) >= 11 is 2.09. The molecule has 12 heavy (non-hydrogen) atoms. The summed E-state index contributed by atoms with van der Waals surface area (Å²) in [6.45, 7) is 0. The Morgan fingerprint density at radius 2 is 2.17 bits per heavy atom. The molecule has 0 bridgehead atoms. The van der Waals surface area contributed by atoms with E-state index in [2.05, 4.69) is 27.6 Å². The number of hydrogen-bond donors (Lipinski definition) is 0. The maximum Gasteiger partial charge on any atom is 0.150 e. The largest absolute Gasteiger partial charge is 0.253 e. The molecule has 2 aromatic rings. The van der Waals surface area contributed by atoms with Crippen molar-refractivity contribution in [2.45, 2.75) is 0 Å². The molecule has 1 aromatic heterocycles. The summed E-state index contributed by atoms with van der Waals surface area (Å²) in [5, 5.41) is 0.849. The average Bonchev–Trinajstić information content (AvgIpc) is 2.04. The number of fused-ring (bicyclic) bond motifs is 1. The lowest BCUT2D eigenvalue weighted by atomic mass is 10.2. The van der Waals surface area contributed by atoms with Crippen LogP contribution in [0.25, 0.3) is 10.9 Å². The van der Waals surface area contributed by atoms with Crippen molar-refractivity contribution in [3.8, 4) is 0 Å². The molecule has 0 radical (unpaired) electrons. The van der Waals surface area contributed by atoms with Crippen LogP contribution in [-0.4, -0.2) is 4.98 Å². The maximum atomic E-state index is 13.2. The van der Waals surface area contributed by atoms with Crippen molar-refractivity contribution in [3.05, 3.63) is 39.8 Å². The number of hydrogen-bond acceptors (Lipinski definition) is 1. The van der Waals surface area contributed by atoms with E-state index in [4.69, 9.17) is 0 Å². The van der Waals surface area contributed by atoms with Crippen molar-refractivity contribution in [1.29, 1.82) is 0 Å². The van der Waals surface area contributed by atoms with E-state index in [0.717, 1.165) is 8.96 Å². The Morgan fingerprint density at radius 1 is 1.33 bits per heavy atom. The lowest BCUT2D eigenvalue weighted by molar-refractivity contribution is 0.636. The molecule has 0 unspecified atom stereocenters. The summed E-state index contributed by atoms with van der Waals surface area (Å²) in [5.41, 5.74) is 0.443. The Labute approximate surface area is 82.8 Å². The third-order valence-corrected chi connectivity index (χ3v) is 2.25. The van der Waals surface area contributed by atoms with Crippen LogP contribution in [0, 0.1) is 9.39 Å². The van der Waals surface area contributed by atoms with E-state index in [1.807, 2.05) is 12.1 Å². The zero-order valence-electron chi connectivity index (χ0n) is 6.09. The van der Waals surface area contributed by atoms with Crippen molar-refractivity contribution in [3.63, 3.8) is 0 Å². The lowest BCUT2D eigenvalue weighted by Gasteiger charge is -1.98. The Morgan fingerprint density at radius 3 is 3.00 bits per heavy atom. The first kappa shape index (κ1) is 7.91. The summed E-state index contributed by atoms with van der Waals surface area (Å²) in [6, 6.07) is 7.05. The molecule has 1 heterocycles. The van der Waals surface area contributed by atoms with Crippen molar-refractivity contribution in [2.75, 3.05) is 0 Å². The molecular formula is C9H5FIN. The van der Waals surface area contributed by atoms with Gasteiger partial charge in [-0.2, -0.15) is 0 Å². The molecule has 1 nitrogen and oxygen atoms in total. The third-order valence-electron chi connectivity index (χ3n) is 1.62. The van der Waals surface area contributed by atoms with Crippen LogP contribution >= 0.6 is 22.6 Å². The molecule has 0 amide bonds. The van der Waals surface area contributed by atoms with Crippen LogP contribution in [0.4, 0.5) is 4.39 Å². The van der Waals surface area contributed by atoms with Crippen molar-refractivity contribution >= 4 is 33.5 Å². The lowest BCUT2D eigenvalue weighted by Crippen LogP contribution is -1.84. The highest BCUT2D eigenvalue weighted by Crippen LogP contribution is 2.18. The molecule has 60 valence electrons. The first-order valence-corrected chi connectivity index (χ1v) is 4.55. The molecule has 0 saturated carbocycles. The van der Waals surface area contributed by atoms with Crippen molar-refractivity contribution in [1.82, 2.24) is 4.98 Å². The van der Waals surface area contributed by atoms with Gasteiger partial charge in [0.25, 0.3) is 0 Å². The number of aromatic nitrogens is 1. The van der Waals surface area contributed by atoms with Gasteiger partial charge in [0, 0.05) is 15.2 Å². The topological polar surface area (TPSA) is 12.9 Å². The average molecular weight is 273 g/mol. The summed E-state index contributed by atoms with van der Waals surface area (Å²) in [6.07, 6.45) is 1.60. The van der Waals surface area contributed by atoms with E-state index in [1.165, 1.54) is 6.07 Å². The molecular weight excluding hydrogens is 268 g/mol.